The maximum atomic E-state index is 12.4. The van der Waals surface area contributed by atoms with Crippen LogP contribution in [0.5, 0.6) is 5.75 Å². The number of rotatable bonds is 3. The Bertz CT molecular complexity index is 333. The molecule has 1 aromatic rings. The van der Waals surface area contributed by atoms with Crippen LogP contribution < -0.4 is 10.5 Å². The smallest absolute Gasteiger partial charge is 0.282 e. The molecule has 6 heteroatoms. The van der Waals surface area contributed by atoms with E-state index in [2.05, 4.69) is 20.9 Å². The van der Waals surface area contributed by atoms with Gasteiger partial charge in [-0.2, -0.15) is 0 Å². The summed E-state index contributed by atoms with van der Waals surface area (Å²) in [7, 11) is 1.44. The van der Waals surface area contributed by atoms with Crippen LogP contribution in [0.1, 0.15) is 17.8 Å². The third-order valence-electron chi connectivity index (χ3n) is 1.68. The van der Waals surface area contributed by atoms with E-state index < -0.39 is 12.1 Å². The minimum Gasteiger partial charge on any atom is -0.495 e. The molecule has 0 atom stereocenters. The zero-order chi connectivity index (χ0) is 10.7. The summed E-state index contributed by atoms with van der Waals surface area (Å²) in [6, 6.07) is 1.35. The van der Waals surface area contributed by atoms with Gasteiger partial charge in [0.05, 0.1) is 18.5 Å². The molecule has 0 bridgehead atoms. The van der Waals surface area contributed by atoms with E-state index in [0.29, 0.717) is 16.8 Å². The molecule has 0 aliphatic rings. The van der Waals surface area contributed by atoms with Gasteiger partial charge in [0.15, 0.2) is 0 Å². The van der Waals surface area contributed by atoms with Crippen molar-refractivity contribution in [3.63, 3.8) is 0 Å². The Morgan fingerprint density at radius 1 is 1.64 bits per heavy atom. The van der Waals surface area contributed by atoms with Crippen LogP contribution in [0.4, 0.5) is 14.5 Å². The number of nitrogens with zero attached hydrogens (tertiary/aromatic N) is 1. The van der Waals surface area contributed by atoms with Crippen molar-refractivity contribution < 1.29 is 13.5 Å². The summed E-state index contributed by atoms with van der Waals surface area (Å²) in [6.45, 7) is 0. The minimum atomic E-state index is -2.67. The second-order valence-electron chi connectivity index (χ2n) is 2.55. The zero-order valence-corrected chi connectivity index (χ0v) is 9.01. The molecule has 2 N–H and O–H groups in total. The molecular weight excluding hydrogens is 258 g/mol. The van der Waals surface area contributed by atoms with Crippen LogP contribution in [0.2, 0.25) is 0 Å². The standard InChI is InChI=1S/C8H9BrF2N2O/c1-14-6-2-4(12)7(8(10)11)13-5(6)3-9/h2,8H,3,12H2,1H3. The van der Waals surface area contributed by atoms with Gasteiger partial charge in [-0.3, -0.25) is 0 Å². The number of hydrogen-bond acceptors (Lipinski definition) is 3. The third-order valence-corrected chi connectivity index (χ3v) is 2.21. The highest BCUT2D eigenvalue weighted by Crippen LogP contribution is 2.29. The van der Waals surface area contributed by atoms with Crippen molar-refractivity contribution >= 4 is 21.6 Å². The van der Waals surface area contributed by atoms with Crippen LogP contribution in [0, 0.1) is 0 Å². The first-order chi connectivity index (χ1) is 6.60. The summed E-state index contributed by atoms with van der Waals surface area (Å²) in [5, 5.41) is 0.343. The summed E-state index contributed by atoms with van der Waals surface area (Å²) in [4.78, 5) is 3.71. The molecule has 0 amide bonds. The van der Waals surface area contributed by atoms with Crippen molar-refractivity contribution in [3.05, 3.63) is 17.5 Å². The Labute approximate surface area is 88.4 Å². The quantitative estimate of drug-likeness (QED) is 0.856. The molecule has 0 spiro atoms. The normalized spacial score (nSPS) is 10.6. The Morgan fingerprint density at radius 2 is 2.29 bits per heavy atom. The molecular formula is C8H9BrF2N2O. The highest BCUT2D eigenvalue weighted by Gasteiger charge is 2.16. The summed E-state index contributed by atoms with van der Waals surface area (Å²) >= 11 is 3.13. The Hall–Kier alpha value is -0.910. The first-order valence-electron chi connectivity index (χ1n) is 3.77. The van der Waals surface area contributed by atoms with E-state index in [4.69, 9.17) is 10.5 Å². The van der Waals surface area contributed by atoms with Crippen LogP contribution >= 0.6 is 15.9 Å². The predicted octanol–water partition coefficient (Wildman–Crippen LogP) is 2.50. The second-order valence-corrected chi connectivity index (χ2v) is 3.11. The molecule has 14 heavy (non-hydrogen) atoms. The Balaban J connectivity index is 3.23. The number of alkyl halides is 3. The van der Waals surface area contributed by atoms with Crippen LogP contribution in [0.25, 0.3) is 0 Å². The van der Waals surface area contributed by atoms with Crippen molar-refractivity contribution in [1.29, 1.82) is 0 Å². The monoisotopic (exact) mass is 266 g/mol. The third kappa shape index (κ3) is 2.12. The minimum absolute atomic E-state index is 0.0541. The summed E-state index contributed by atoms with van der Waals surface area (Å²) < 4.78 is 29.7. The number of aromatic nitrogens is 1. The Kier molecular flexibility index (Phi) is 3.62. The zero-order valence-electron chi connectivity index (χ0n) is 7.43. The van der Waals surface area contributed by atoms with Gasteiger partial charge in [0, 0.05) is 11.4 Å². The van der Waals surface area contributed by atoms with Gasteiger partial charge in [0.1, 0.15) is 11.4 Å². The topological polar surface area (TPSA) is 48.1 Å². The van der Waals surface area contributed by atoms with Crippen molar-refractivity contribution in [1.82, 2.24) is 4.98 Å². The summed E-state index contributed by atoms with van der Waals surface area (Å²) in [5.74, 6) is 0.406. The van der Waals surface area contributed by atoms with E-state index in [-0.39, 0.29) is 5.69 Å². The summed E-state index contributed by atoms with van der Waals surface area (Å²) in [5.41, 5.74) is 5.34. The first kappa shape index (κ1) is 11.2. The van der Waals surface area contributed by atoms with Gasteiger partial charge in [-0.1, -0.05) is 15.9 Å². The predicted molar refractivity (Wildman–Crippen MR) is 52.8 cm³/mol. The molecule has 0 saturated carbocycles. The lowest BCUT2D eigenvalue weighted by Gasteiger charge is -2.10. The van der Waals surface area contributed by atoms with E-state index in [1.165, 1.54) is 13.2 Å². The number of nitrogens with two attached hydrogens (primary N) is 1. The van der Waals surface area contributed by atoms with E-state index in [9.17, 15) is 8.78 Å². The molecule has 0 aliphatic carbocycles. The van der Waals surface area contributed by atoms with E-state index in [1.54, 1.807) is 0 Å². The fourth-order valence-corrected chi connectivity index (χ4v) is 1.41. The number of pyridine rings is 1. The number of anilines is 1. The molecule has 0 radical (unpaired) electrons. The molecule has 0 fully saturated rings. The lowest BCUT2D eigenvalue weighted by atomic mass is 10.2. The lowest BCUT2D eigenvalue weighted by Crippen LogP contribution is -2.03. The van der Waals surface area contributed by atoms with Gasteiger partial charge in [0.2, 0.25) is 0 Å². The van der Waals surface area contributed by atoms with Gasteiger partial charge >= 0.3 is 0 Å². The van der Waals surface area contributed by atoms with Crippen LogP contribution in [0.15, 0.2) is 6.07 Å². The van der Waals surface area contributed by atoms with Crippen LogP contribution in [-0.4, -0.2) is 12.1 Å². The number of nitrogen functional groups attached to an aromatic ring is 1. The number of hydrogen-bond donors (Lipinski definition) is 1. The second kappa shape index (κ2) is 4.54. The van der Waals surface area contributed by atoms with Crippen molar-refractivity contribution in [2.24, 2.45) is 0 Å². The SMILES string of the molecule is COc1cc(N)c(C(F)F)nc1CBr. The molecule has 3 nitrogen and oxygen atoms in total. The van der Waals surface area contributed by atoms with Crippen molar-refractivity contribution in [2.75, 3.05) is 12.8 Å². The highest BCUT2D eigenvalue weighted by atomic mass is 79.9. The fraction of sp³-hybridized carbons (Fsp3) is 0.375. The van der Waals surface area contributed by atoms with Crippen LogP contribution in [-0.2, 0) is 5.33 Å². The molecule has 1 heterocycles. The summed E-state index contributed by atoms with van der Waals surface area (Å²) in [6.07, 6.45) is -2.67. The van der Waals surface area contributed by atoms with Gasteiger partial charge in [-0.15, -0.1) is 0 Å². The van der Waals surface area contributed by atoms with E-state index in [0.717, 1.165) is 0 Å². The van der Waals surface area contributed by atoms with Crippen molar-refractivity contribution in [3.8, 4) is 5.75 Å². The Morgan fingerprint density at radius 3 is 2.71 bits per heavy atom. The number of ether oxygens (including phenoxy) is 1. The first-order valence-corrected chi connectivity index (χ1v) is 4.89. The highest BCUT2D eigenvalue weighted by molar-refractivity contribution is 9.08. The van der Waals surface area contributed by atoms with Gasteiger partial charge in [-0.25, -0.2) is 13.8 Å². The molecule has 0 unspecified atom stereocenters. The van der Waals surface area contributed by atoms with Gasteiger partial charge < -0.3 is 10.5 Å². The fourth-order valence-electron chi connectivity index (χ4n) is 1.01. The molecule has 1 aromatic heterocycles. The van der Waals surface area contributed by atoms with Gasteiger partial charge in [0.25, 0.3) is 6.43 Å². The molecule has 0 aromatic carbocycles. The van der Waals surface area contributed by atoms with E-state index >= 15 is 0 Å². The largest absolute Gasteiger partial charge is 0.495 e. The maximum Gasteiger partial charge on any atom is 0.282 e. The number of halogens is 3. The average molecular weight is 267 g/mol. The number of methoxy groups -OCH3 is 1. The molecule has 0 aliphatic heterocycles. The van der Waals surface area contributed by atoms with Crippen molar-refractivity contribution in [2.45, 2.75) is 11.8 Å². The maximum absolute atomic E-state index is 12.4. The van der Waals surface area contributed by atoms with Crippen LogP contribution in [0.3, 0.4) is 0 Å². The molecule has 0 saturated heterocycles. The van der Waals surface area contributed by atoms with E-state index in [1.807, 2.05) is 0 Å². The lowest BCUT2D eigenvalue weighted by molar-refractivity contribution is 0.146. The molecule has 1 rings (SSSR count). The molecule has 78 valence electrons. The average Bonchev–Trinajstić information content (AvgIpc) is 2.16. The van der Waals surface area contributed by atoms with Gasteiger partial charge in [-0.05, 0) is 0 Å².